The van der Waals surface area contributed by atoms with Gasteiger partial charge in [-0.25, -0.2) is 4.98 Å². The van der Waals surface area contributed by atoms with Gasteiger partial charge in [0, 0.05) is 7.11 Å². The molecule has 1 atom stereocenters. The van der Waals surface area contributed by atoms with E-state index in [0.717, 1.165) is 5.56 Å². The minimum atomic E-state index is -0.448. The van der Waals surface area contributed by atoms with Crippen LogP contribution in [0.3, 0.4) is 0 Å². The molecule has 0 unspecified atom stereocenters. The Balaban J connectivity index is 2.25. The highest BCUT2D eigenvalue weighted by molar-refractivity contribution is 5.44. The lowest BCUT2D eigenvalue weighted by Crippen LogP contribution is -2.14. The Morgan fingerprint density at radius 1 is 1.20 bits per heavy atom. The molecule has 0 aliphatic rings. The van der Waals surface area contributed by atoms with Gasteiger partial charge in [-0.3, -0.25) is 5.10 Å². The van der Waals surface area contributed by atoms with Crippen molar-refractivity contribution >= 4 is 0 Å². The van der Waals surface area contributed by atoms with Crippen LogP contribution in [0.1, 0.15) is 23.3 Å². The number of nitrogens with zero attached hydrogens (tertiary/aromatic N) is 2. The third kappa shape index (κ3) is 2.89. The number of benzene rings is 1. The Morgan fingerprint density at radius 2 is 1.95 bits per heavy atom. The number of H-pyrrole nitrogens is 1. The molecule has 0 amide bonds. The standard InChI is InChI=1S/C13H18N4O3/c1-18-7-11-15-13(17-16-11)12(14)8-4-5-9(19-2)10(6-8)20-3/h4-6,12H,7,14H2,1-3H3,(H,15,16,17)/t12-/m0/s1. The number of rotatable bonds is 6. The van der Waals surface area contributed by atoms with Gasteiger partial charge in [0.05, 0.1) is 20.3 Å². The highest BCUT2D eigenvalue weighted by Gasteiger charge is 2.16. The SMILES string of the molecule is COCc1nc([C@@H](N)c2ccc(OC)c(OC)c2)n[nH]1. The Morgan fingerprint density at radius 3 is 2.60 bits per heavy atom. The van der Waals surface area contributed by atoms with Crippen LogP contribution in [0.25, 0.3) is 0 Å². The van der Waals surface area contributed by atoms with Crippen molar-refractivity contribution < 1.29 is 14.2 Å². The molecule has 1 heterocycles. The predicted molar refractivity (Wildman–Crippen MR) is 72.7 cm³/mol. The van der Waals surface area contributed by atoms with Gasteiger partial charge in [-0.1, -0.05) is 6.07 Å². The molecule has 20 heavy (non-hydrogen) atoms. The lowest BCUT2D eigenvalue weighted by molar-refractivity contribution is 0.178. The second-order valence-electron chi connectivity index (χ2n) is 4.17. The monoisotopic (exact) mass is 278 g/mol. The van der Waals surface area contributed by atoms with E-state index >= 15 is 0 Å². The van der Waals surface area contributed by atoms with Crippen LogP contribution in [0.2, 0.25) is 0 Å². The van der Waals surface area contributed by atoms with Crippen LogP contribution in [0.4, 0.5) is 0 Å². The molecule has 0 fully saturated rings. The molecule has 2 aromatic rings. The zero-order valence-electron chi connectivity index (χ0n) is 11.7. The summed E-state index contributed by atoms with van der Waals surface area (Å²) in [6.45, 7) is 0.367. The number of aromatic nitrogens is 3. The molecule has 0 aliphatic heterocycles. The summed E-state index contributed by atoms with van der Waals surface area (Å²) in [6, 6.07) is 5.03. The van der Waals surface area contributed by atoms with E-state index in [1.807, 2.05) is 12.1 Å². The molecule has 0 aliphatic carbocycles. The Labute approximate surface area is 117 Å². The highest BCUT2D eigenvalue weighted by atomic mass is 16.5. The molecule has 7 heteroatoms. The average molecular weight is 278 g/mol. The fraction of sp³-hybridized carbons (Fsp3) is 0.385. The number of hydrogen-bond donors (Lipinski definition) is 2. The third-order valence-corrected chi connectivity index (χ3v) is 2.87. The number of hydrogen-bond acceptors (Lipinski definition) is 6. The summed E-state index contributed by atoms with van der Waals surface area (Å²) in [6.07, 6.45) is 0. The molecule has 0 spiro atoms. The van der Waals surface area contributed by atoms with E-state index in [-0.39, 0.29) is 0 Å². The van der Waals surface area contributed by atoms with Gasteiger partial charge in [0.25, 0.3) is 0 Å². The zero-order valence-corrected chi connectivity index (χ0v) is 11.7. The summed E-state index contributed by atoms with van der Waals surface area (Å²) in [5.41, 5.74) is 7.00. The second-order valence-corrected chi connectivity index (χ2v) is 4.17. The van der Waals surface area contributed by atoms with Crippen LogP contribution >= 0.6 is 0 Å². The molecule has 3 N–H and O–H groups in total. The Hall–Kier alpha value is -2.12. The smallest absolute Gasteiger partial charge is 0.171 e. The minimum absolute atomic E-state index is 0.367. The molecule has 7 nitrogen and oxygen atoms in total. The zero-order chi connectivity index (χ0) is 14.5. The summed E-state index contributed by atoms with van der Waals surface area (Å²) < 4.78 is 15.4. The van der Waals surface area contributed by atoms with Crippen LogP contribution in [0.15, 0.2) is 18.2 Å². The number of nitrogens with one attached hydrogen (secondary N) is 1. The van der Waals surface area contributed by atoms with Crippen molar-refractivity contribution in [1.82, 2.24) is 15.2 Å². The largest absolute Gasteiger partial charge is 0.493 e. The first-order valence-corrected chi connectivity index (χ1v) is 6.07. The van der Waals surface area contributed by atoms with Crippen molar-refractivity contribution in [2.45, 2.75) is 12.6 Å². The van der Waals surface area contributed by atoms with E-state index in [1.54, 1.807) is 27.4 Å². The van der Waals surface area contributed by atoms with E-state index in [0.29, 0.717) is 29.8 Å². The van der Waals surface area contributed by atoms with Gasteiger partial charge in [0.1, 0.15) is 6.61 Å². The molecule has 0 bridgehead atoms. The third-order valence-electron chi connectivity index (χ3n) is 2.87. The van der Waals surface area contributed by atoms with Crippen molar-refractivity contribution in [3.8, 4) is 11.5 Å². The topological polar surface area (TPSA) is 95.3 Å². The van der Waals surface area contributed by atoms with E-state index in [9.17, 15) is 0 Å². The number of nitrogens with two attached hydrogens (primary N) is 1. The lowest BCUT2D eigenvalue weighted by Gasteiger charge is -2.12. The Kier molecular flexibility index (Phi) is 4.54. The molecule has 1 aromatic heterocycles. The molecule has 0 saturated heterocycles. The fourth-order valence-corrected chi connectivity index (χ4v) is 1.85. The van der Waals surface area contributed by atoms with Gasteiger partial charge < -0.3 is 19.9 Å². The summed E-state index contributed by atoms with van der Waals surface area (Å²) >= 11 is 0. The number of ether oxygens (including phenoxy) is 3. The van der Waals surface area contributed by atoms with Crippen molar-refractivity contribution in [3.05, 3.63) is 35.4 Å². The van der Waals surface area contributed by atoms with E-state index in [1.165, 1.54) is 0 Å². The molecule has 1 aromatic carbocycles. The first-order valence-electron chi connectivity index (χ1n) is 6.07. The summed E-state index contributed by atoms with van der Waals surface area (Å²) in [5, 5.41) is 6.88. The van der Waals surface area contributed by atoms with E-state index < -0.39 is 6.04 Å². The van der Waals surface area contributed by atoms with Gasteiger partial charge >= 0.3 is 0 Å². The maximum Gasteiger partial charge on any atom is 0.171 e. The first kappa shape index (κ1) is 14.3. The van der Waals surface area contributed by atoms with Crippen LogP contribution in [-0.2, 0) is 11.3 Å². The first-order chi connectivity index (χ1) is 9.69. The van der Waals surface area contributed by atoms with E-state index in [2.05, 4.69) is 15.2 Å². The molecular formula is C13H18N4O3. The summed E-state index contributed by atoms with van der Waals surface area (Å²) in [4.78, 5) is 4.29. The van der Waals surface area contributed by atoms with Crippen molar-refractivity contribution in [3.63, 3.8) is 0 Å². The molecule has 108 valence electrons. The van der Waals surface area contributed by atoms with E-state index in [4.69, 9.17) is 19.9 Å². The van der Waals surface area contributed by atoms with Crippen LogP contribution in [0, 0.1) is 0 Å². The maximum atomic E-state index is 6.16. The van der Waals surface area contributed by atoms with Crippen molar-refractivity contribution in [2.75, 3.05) is 21.3 Å². The maximum absolute atomic E-state index is 6.16. The Bertz CT molecular complexity index is 570. The quantitative estimate of drug-likeness (QED) is 0.819. The van der Waals surface area contributed by atoms with Gasteiger partial charge in [0.2, 0.25) is 0 Å². The molecule has 0 radical (unpaired) electrons. The summed E-state index contributed by atoms with van der Waals surface area (Å²) in [7, 11) is 4.76. The minimum Gasteiger partial charge on any atom is -0.493 e. The average Bonchev–Trinajstić information content (AvgIpc) is 2.94. The van der Waals surface area contributed by atoms with Gasteiger partial charge in [-0.05, 0) is 17.7 Å². The van der Waals surface area contributed by atoms with Crippen LogP contribution < -0.4 is 15.2 Å². The van der Waals surface area contributed by atoms with Crippen molar-refractivity contribution in [2.24, 2.45) is 5.73 Å². The molecule has 0 saturated carbocycles. The molecule has 2 rings (SSSR count). The normalized spacial score (nSPS) is 12.2. The summed E-state index contributed by atoms with van der Waals surface area (Å²) in [5.74, 6) is 2.41. The number of methoxy groups -OCH3 is 3. The second kappa shape index (κ2) is 6.36. The van der Waals surface area contributed by atoms with Crippen molar-refractivity contribution in [1.29, 1.82) is 0 Å². The lowest BCUT2D eigenvalue weighted by atomic mass is 10.1. The molecular weight excluding hydrogens is 260 g/mol. The van der Waals surface area contributed by atoms with Gasteiger partial charge in [-0.2, -0.15) is 5.10 Å². The highest BCUT2D eigenvalue weighted by Crippen LogP contribution is 2.30. The van der Waals surface area contributed by atoms with Crippen LogP contribution in [-0.4, -0.2) is 36.5 Å². The predicted octanol–water partition coefficient (Wildman–Crippen LogP) is 1.02. The van der Waals surface area contributed by atoms with Crippen LogP contribution in [0.5, 0.6) is 11.5 Å². The number of aromatic amines is 1. The van der Waals surface area contributed by atoms with Gasteiger partial charge in [-0.15, -0.1) is 0 Å². The van der Waals surface area contributed by atoms with Gasteiger partial charge in [0.15, 0.2) is 23.1 Å². The fourth-order valence-electron chi connectivity index (χ4n) is 1.85.